The molecule has 17 heavy (non-hydrogen) atoms. The zero-order chi connectivity index (χ0) is 12.4. The molecule has 2 rings (SSSR count). The molecule has 2 N–H and O–H groups in total. The molecule has 0 spiro atoms. The fourth-order valence-corrected chi connectivity index (χ4v) is 2.52. The summed E-state index contributed by atoms with van der Waals surface area (Å²) in [5.41, 5.74) is 6.98. The minimum atomic E-state index is -0.282. The van der Waals surface area contributed by atoms with Crippen LogP contribution in [0.2, 0.25) is 0 Å². The van der Waals surface area contributed by atoms with E-state index in [0.717, 1.165) is 25.2 Å². The van der Waals surface area contributed by atoms with Crippen LogP contribution >= 0.6 is 0 Å². The van der Waals surface area contributed by atoms with Crippen LogP contribution in [-0.2, 0) is 0 Å². The van der Waals surface area contributed by atoms with Crippen LogP contribution in [0.5, 0.6) is 0 Å². The molecule has 3 unspecified atom stereocenters. The highest BCUT2D eigenvalue weighted by molar-refractivity contribution is 5.11. The fourth-order valence-electron chi connectivity index (χ4n) is 2.52. The van der Waals surface area contributed by atoms with E-state index in [-0.39, 0.29) is 17.9 Å². The highest BCUT2D eigenvalue weighted by Gasteiger charge is 2.31. The molecular formula is C13H20FN3. The van der Waals surface area contributed by atoms with Gasteiger partial charge in [0, 0.05) is 19.1 Å². The topological polar surface area (TPSA) is 42.2 Å². The van der Waals surface area contributed by atoms with E-state index in [2.05, 4.69) is 23.7 Å². The molecule has 2 heterocycles. The van der Waals surface area contributed by atoms with Gasteiger partial charge in [0.1, 0.15) is 5.82 Å². The first-order valence-corrected chi connectivity index (χ1v) is 6.23. The summed E-state index contributed by atoms with van der Waals surface area (Å²) < 4.78 is 12.9. The molecule has 1 aliphatic rings. The van der Waals surface area contributed by atoms with E-state index in [0.29, 0.717) is 5.92 Å². The summed E-state index contributed by atoms with van der Waals surface area (Å²) in [5.74, 6) is 0.236. The van der Waals surface area contributed by atoms with Gasteiger partial charge in [0.25, 0.3) is 0 Å². The Hall–Kier alpha value is -1.00. The third-order valence-corrected chi connectivity index (χ3v) is 3.62. The van der Waals surface area contributed by atoms with E-state index >= 15 is 0 Å². The van der Waals surface area contributed by atoms with Crippen molar-refractivity contribution >= 4 is 0 Å². The summed E-state index contributed by atoms with van der Waals surface area (Å²) in [6, 6.07) is 3.75. The number of likely N-dealkylation sites (tertiary alicyclic amines) is 1. The van der Waals surface area contributed by atoms with Gasteiger partial charge in [0.15, 0.2) is 0 Å². The van der Waals surface area contributed by atoms with Crippen LogP contribution in [0.1, 0.15) is 32.0 Å². The van der Waals surface area contributed by atoms with Crippen molar-refractivity contribution in [3.63, 3.8) is 0 Å². The molecule has 1 aliphatic heterocycles. The number of halogens is 1. The SMILES string of the molecule is CCC(c1ccc(F)cn1)N1CC(C)C(N)C1. The molecule has 0 bridgehead atoms. The summed E-state index contributed by atoms with van der Waals surface area (Å²) in [7, 11) is 0. The quantitative estimate of drug-likeness (QED) is 0.873. The number of pyridine rings is 1. The largest absolute Gasteiger partial charge is 0.326 e. The van der Waals surface area contributed by atoms with Crippen molar-refractivity contribution in [3.8, 4) is 0 Å². The Morgan fingerprint density at radius 3 is 2.76 bits per heavy atom. The van der Waals surface area contributed by atoms with Crippen molar-refractivity contribution in [1.82, 2.24) is 9.88 Å². The monoisotopic (exact) mass is 237 g/mol. The summed E-state index contributed by atoms with van der Waals surface area (Å²) in [4.78, 5) is 6.54. The molecule has 0 aromatic carbocycles. The average Bonchev–Trinajstić information content (AvgIpc) is 2.63. The zero-order valence-electron chi connectivity index (χ0n) is 10.4. The summed E-state index contributed by atoms with van der Waals surface area (Å²) in [6.45, 7) is 6.21. The van der Waals surface area contributed by atoms with Gasteiger partial charge >= 0.3 is 0 Å². The van der Waals surface area contributed by atoms with Gasteiger partial charge in [-0.1, -0.05) is 13.8 Å². The molecule has 0 aliphatic carbocycles. The Bertz CT molecular complexity index is 355. The molecular weight excluding hydrogens is 217 g/mol. The van der Waals surface area contributed by atoms with Crippen molar-refractivity contribution in [2.45, 2.75) is 32.4 Å². The molecule has 3 atom stereocenters. The van der Waals surface area contributed by atoms with Crippen LogP contribution in [0.15, 0.2) is 18.3 Å². The Kier molecular flexibility index (Phi) is 3.74. The number of nitrogens with two attached hydrogens (primary N) is 1. The van der Waals surface area contributed by atoms with Gasteiger partial charge in [-0.25, -0.2) is 4.39 Å². The van der Waals surface area contributed by atoms with Crippen molar-refractivity contribution < 1.29 is 4.39 Å². The van der Waals surface area contributed by atoms with Crippen LogP contribution in [0, 0.1) is 11.7 Å². The maximum Gasteiger partial charge on any atom is 0.141 e. The first kappa shape index (κ1) is 12.5. The average molecular weight is 237 g/mol. The number of rotatable bonds is 3. The zero-order valence-corrected chi connectivity index (χ0v) is 10.4. The lowest BCUT2D eigenvalue weighted by molar-refractivity contribution is 0.226. The highest BCUT2D eigenvalue weighted by atomic mass is 19.1. The lowest BCUT2D eigenvalue weighted by Crippen LogP contribution is -2.31. The standard InChI is InChI=1S/C13H20FN3/c1-3-13(12-5-4-10(14)6-16-12)17-7-9(2)11(15)8-17/h4-6,9,11,13H,3,7-8,15H2,1-2H3. The molecule has 1 saturated heterocycles. The normalized spacial score (nSPS) is 27.3. The van der Waals surface area contributed by atoms with E-state index in [9.17, 15) is 4.39 Å². The number of hydrogen-bond acceptors (Lipinski definition) is 3. The van der Waals surface area contributed by atoms with Crippen molar-refractivity contribution in [2.75, 3.05) is 13.1 Å². The van der Waals surface area contributed by atoms with Crippen LogP contribution in [0.25, 0.3) is 0 Å². The lowest BCUT2D eigenvalue weighted by Gasteiger charge is -2.26. The lowest BCUT2D eigenvalue weighted by atomic mass is 10.1. The first-order valence-electron chi connectivity index (χ1n) is 6.23. The van der Waals surface area contributed by atoms with Gasteiger partial charge in [-0.15, -0.1) is 0 Å². The van der Waals surface area contributed by atoms with Gasteiger partial charge in [0.2, 0.25) is 0 Å². The van der Waals surface area contributed by atoms with Gasteiger partial charge in [-0.2, -0.15) is 0 Å². The minimum Gasteiger partial charge on any atom is -0.326 e. The molecule has 1 fully saturated rings. The summed E-state index contributed by atoms with van der Waals surface area (Å²) in [5, 5.41) is 0. The molecule has 0 amide bonds. The van der Waals surface area contributed by atoms with E-state index in [1.807, 2.05) is 0 Å². The maximum atomic E-state index is 12.9. The van der Waals surface area contributed by atoms with E-state index in [1.165, 1.54) is 12.3 Å². The Balaban J connectivity index is 2.14. The second-order valence-corrected chi connectivity index (χ2v) is 4.92. The van der Waals surface area contributed by atoms with Gasteiger partial charge < -0.3 is 5.73 Å². The molecule has 1 aromatic rings. The van der Waals surface area contributed by atoms with Crippen LogP contribution in [-0.4, -0.2) is 29.0 Å². The van der Waals surface area contributed by atoms with Gasteiger partial charge in [0.05, 0.1) is 17.9 Å². The molecule has 3 nitrogen and oxygen atoms in total. The third-order valence-electron chi connectivity index (χ3n) is 3.62. The number of aromatic nitrogens is 1. The van der Waals surface area contributed by atoms with Crippen molar-refractivity contribution in [3.05, 3.63) is 29.8 Å². The second-order valence-electron chi connectivity index (χ2n) is 4.92. The molecule has 4 heteroatoms. The van der Waals surface area contributed by atoms with E-state index in [1.54, 1.807) is 6.07 Å². The van der Waals surface area contributed by atoms with Gasteiger partial charge in [-0.3, -0.25) is 9.88 Å². The second kappa shape index (κ2) is 5.10. The predicted molar refractivity (Wildman–Crippen MR) is 65.9 cm³/mol. The summed E-state index contributed by atoms with van der Waals surface area (Å²) >= 11 is 0. The Morgan fingerprint density at radius 1 is 1.53 bits per heavy atom. The number of nitrogens with zero attached hydrogens (tertiary/aromatic N) is 2. The minimum absolute atomic E-state index is 0.240. The van der Waals surface area contributed by atoms with E-state index in [4.69, 9.17) is 5.73 Å². The van der Waals surface area contributed by atoms with Crippen molar-refractivity contribution in [1.29, 1.82) is 0 Å². The molecule has 0 radical (unpaired) electrons. The number of hydrogen-bond donors (Lipinski definition) is 1. The van der Waals surface area contributed by atoms with Crippen LogP contribution in [0.3, 0.4) is 0 Å². The third kappa shape index (κ3) is 2.64. The van der Waals surface area contributed by atoms with Gasteiger partial charge in [-0.05, 0) is 24.5 Å². The predicted octanol–water partition coefficient (Wildman–Crippen LogP) is 1.95. The molecule has 94 valence electrons. The highest BCUT2D eigenvalue weighted by Crippen LogP contribution is 2.28. The summed E-state index contributed by atoms with van der Waals surface area (Å²) in [6.07, 6.45) is 2.26. The Morgan fingerprint density at radius 2 is 2.29 bits per heavy atom. The smallest absolute Gasteiger partial charge is 0.141 e. The Labute approximate surface area is 102 Å². The fraction of sp³-hybridized carbons (Fsp3) is 0.615. The first-order chi connectivity index (χ1) is 8.11. The van der Waals surface area contributed by atoms with Crippen LogP contribution in [0.4, 0.5) is 4.39 Å². The van der Waals surface area contributed by atoms with E-state index < -0.39 is 0 Å². The van der Waals surface area contributed by atoms with Crippen molar-refractivity contribution in [2.24, 2.45) is 11.7 Å². The molecule has 0 saturated carbocycles. The maximum absolute atomic E-state index is 12.9. The molecule has 1 aromatic heterocycles. The van der Waals surface area contributed by atoms with Crippen LogP contribution < -0.4 is 5.73 Å².